The largest absolute Gasteiger partial charge is 0.462 e. The summed E-state index contributed by atoms with van der Waals surface area (Å²) < 4.78 is 9.75. The Morgan fingerprint density at radius 2 is 1.81 bits per heavy atom. The summed E-state index contributed by atoms with van der Waals surface area (Å²) in [5.74, 6) is -2.05. The predicted molar refractivity (Wildman–Crippen MR) is 186 cm³/mol. The minimum Gasteiger partial charge on any atom is -0.462 e. The topological polar surface area (TPSA) is 132 Å². The minimum absolute atomic E-state index is 0.0268. The van der Waals surface area contributed by atoms with Gasteiger partial charge in [-0.15, -0.1) is 5.10 Å². The molecule has 10 heteroatoms. The molecule has 0 amide bonds. The number of esters is 1. The summed E-state index contributed by atoms with van der Waals surface area (Å²) in [4.78, 5) is 31.1. The number of carbonyl (C=O) groups is 2. The maximum absolute atomic E-state index is 13.4. The lowest BCUT2D eigenvalue weighted by Gasteiger charge is -2.32. The van der Waals surface area contributed by atoms with Crippen LogP contribution in [-0.4, -0.2) is 64.8 Å². The van der Waals surface area contributed by atoms with Crippen molar-refractivity contribution in [2.75, 3.05) is 0 Å². The molecule has 0 fully saturated rings. The third-order valence-electron chi connectivity index (χ3n) is 9.53. The number of hydrogen-bond donors (Lipinski definition) is 2. The molecule has 0 bridgehead atoms. The van der Waals surface area contributed by atoms with Crippen molar-refractivity contribution >= 4 is 11.8 Å². The van der Waals surface area contributed by atoms with Crippen molar-refractivity contribution in [2.45, 2.75) is 111 Å². The van der Waals surface area contributed by atoms with Crippen LogP contribution in [0.1, 0.15) is 78.8 Å². The summed E-state index contributed by atoms with van der Waals surface area (Å²) in [6, 6.07) is 9.92. The molecule has 4 rings (SSSR count). The number of unbranched alkanes of at least 4 members (excludes halogenated alkanes) is 1. The van der Waals surface area contributed by atoms with Gasteiger partial charge in [-0.2, -0.15) is 0 Å². The van der Waals surface area contributed by atoms with Crippen molar-refractivity contribution in [2.24, 2.45) is 23.7 Å². The van der Waals surface area contributed by atoms with Crippen molar-refractivity contribution in [3.05, 3.63) is 78.5 Å². The third-order valence-corrected chi connectivity index (χ3v) is 9.53. The predicted octanol–water partition coefficient (Wildman–Crippen LogP) is 5.99. The number of cyclic esters (lactones) is 1. The molecule has 0 saturated carbocycles. The zero-order valence-electron chi connectivity index (χ0n) is 29.1. The van der Waals surface area contributed by atoms with E-state index in [-0.39, 0.29) is 30.0 Å². The molecule has 3 aromatic rings. The van der Waals surface area contributed by atoms with Gasteiger partial charge >= 0.3 is 5.97 Å². The zero-order chi connectivity index (χ0) is 34.6. The van der Waals surface area contributed by atoms with E-state index in [1.165, 1.54) is 0 Å². The molecular formula is C38H53N5O5. The number of aliphatic hydroxyl groups is 2. The highest BCUT2D eigenvalue weighted by Gasteiger charge is 2.34. The first-order chi connectivity index (χ1) is 23.1. The lowest BCUT2D eigenvalue weighted by molar-refractivity contribution is -0.155. The number of allylic oxidation sites excluding steroid dienone is 3. The Balaban J connectivity index is 1.54. The third kappa shape index (κ3) is 10.6. The second-order valence-electron chi connectivity index (χ2n) is 13.5. The molecule has 7 atom stereocenters. The van der Waals surface area contributed by atoms with E-state index in [0.29, 0.717) is 32.4 Å². The number of imidazole rings is 1. The monoisotopic (exact) mass is 659 g/mol. The van der Waals surface area contributed by atoms with Gasteiger partial charge in [-0.25, -0.2) is 4.98 Å². The molecule has 0 saturated heterocycles. The van der Waals surface area contributed by atoms with E-state index in [0.717, 1.165) is 41.8 Å². The normalized spacial score (nSPS) is 28.1. The van der Waals surface area contributed by atoms with Crippen LogP contribution < -0.4 is 0 Å². The summed E-state index contributed by atoms with van der Waals surface area (Å²) in [7, 11) is 0. The number of aryl methyl sites for hydroxylation is 2. The minimum atomic E-state index is -1.11. The van der Waals surface area contributed by atoms with Gasteiger partial charge in [-0.1, -0.05) is 87.4 Å². The summed E-state index contributed by atoms with van der Waals surface area (Å²) >= 11 is 0. The number of carbonyl (C=O) groups excluding carboxylic acids is 2. The average Bonchev–Trinajstić information content (AvgIpc) is 3.75. The van der Waals surface area contributed by atoms with Crippen LogP contribution in [-0.2, 0) is 33.8 Å². The number of hydrogen-bond acceptors (Lipinski definition) is 8. The van der Waals surface area contributed by atoms with E-state index < -0.39 is 30.2 Å². The first-order valence-corrected chi connectivity index (χ1v) is 17.5. The van der Waals surface area contributed by atoms with Crippen LogP contribution in [0.25, 0.3) is 11.3 Å². The van der Waals surface area contributed by atoms with Crippen LogP contribution >= 0.6 is 0 Å². The molecule has 1 aliphatic heterocycles. The SMILES string of the molecule is CCCCc1cn(C[C@H]2/C=C(C)/C=C/C(=O)[C@H](C)C[C@H](CCn3cnc(-c4ccccc4)c3)[C@H](O)[C@@H](C)[C@H](O)CC(=O)O[C@@H]2CC)nn1. The first kappa shape index (κ1) is 36.9. The smallest absolute Gasteiger partial charge is 0.308 e. The summed E-state index contributed by atoms with van der Waals surface area (Å²) in [5.41, 5.74) is 3.67. The number of ketones is 1. The summed E-state index contributed by atoms with van der Waals surface area (Å²) in [5, 5.41) is 31.4. The molecule has 0 radical (unpaired) electrons. The summed E-state index contributed by atoms with van der Waals surface area (Å²) in [6.45, 7) is 10.7. The van der Waals surface area contributed by atoms with E-state index in [4.69, 9.17) is 4.74 Å². The van der Waals surface area contributed by atoms with Gasteiger partial charge < -0.3 is 19.5 Å². The van der Waals surface area contributed by atoms with Gasteiger partial charge in [0.1, 0.15) is 6.10 Å². The Kier molecular flexibility index (Phi) is 13.9. The highest BCUT2D eigenvalue weighted by atomic mass is 16.5. The summed E-state index contributed by atoms with van der Waals surface area (Å²) in [6.07, 6.45) is 12.9. The van der Waals surface area contributed by atoms with Crippen molar-refractivity contribution in [3.8, 4) is 11.3 Å². The lowest BCUT2D eigenvalue weighted by Crippen LogP contribution is -2.39. The van der Waals surface area contributed by atoms with Gasteiger partial charge in [0.2, 0.25) is 0 Å². The molecule has 0 spiro atoms. The van der Waals surface area contributed by atoms with Crippen molar-refractivity contribution in [1.29, 1.82) is 0 Å². The van der Waals surface area contributed by atoms with Crippen molar-refractivity contribution in [1.82, 2.24) is 24.5 Å². The van der Waals surface area contributed by atoms with E-state index in [2.05, 4.69) is 22.2 Å². The molecule has 1 aliphatic rings. The van der Waals surface area contributed by atoms with Crippen LogP contribution in [0.15, 0.2) is 72.9 Å². The van der Waals surface area contributed by atoms with E-state index in [9.17, 15) is 19.8 Å². The van der Waals surface area contributed by atoms with Crippen LogP contribution in [0.4, 0.5) is 0 Å². The molecule has 0 aliphatic carbocycles. The Hall–Kier alpha value is -3.89. The van der Waals surface area contributed by atoms with Gasteiger partial charge in [0, 0.05) is 42.3 Å². The maximum atomic E-state index is 13.4. The molecule has 0 unspecified atom stereocenters. The molecule has 10 nitrogen and oxygen atoms in total. The van der Waals surface area contributed by atoms with Crippen LogP contribution in [0.2, 0.25) is 0 Å². The average molecular weight is 660 g/mol. The number of benzene rings is 1. The van der Waals surface area contributed by atoms with Crippen LogP contribution in [0.3, 0.4) is 0 Å². The molecule has 1 aromatic carbocycles. The maximum Gasteiger partial charge on any atom is 0.308 e. The van der Waals surface area contributed by atoms with Gasteiger partial charge in [-0.05, 0) is 51.0 Å². The van der Waals surface area contributed by atoms with E-state index in [1.54, 1.807) is 24.0 Å². The fourth-order valence-corrected chi connectivity index (χ4v) is 6.42. The van der Waals surface area contributed by atoms with Crippen LogP contribution in [0, 0.1) is 23.7 Å². The van der Waals surface area contributed by atoms with Crippen LogP contribution in [0.5, 0.6) is 0 Å². The molecule has 260 valence electrons. The number of rotatable bonds is 10. The van der Waals surface area contributed by atoms with Gasteiger partial charge in [0.25, 0.3) is 0 Å². The first-order valence-electron chi connectivity index (χ1n) is 17.5. The number of aliphatic hydroxyl groups excluding tert-OH is 2. The standard InChI is InChI=1S/C38H53N5O5/c1-6-8-14-32-23-43(41-40-32)22-31-19-26(3)15-16-34(44)27(4)20-30(38(47)28(5)35(45)21-37(46)48-36(31)7-2)17-18-42-24-33(39-25-42)29-12-10-9-11-13-29/h9-13,15-16,19,23-25,27-28,30-31,35-36,38,45,47H,6-8,14,17-18,20-22H2,1-5H3/b16-15+,26-19+/t27-,28+,30+,31-,35-,36-,38-/m1/s1. The second kappa shape index (κ2) is 18.0. The highest BCUT2D eigenvalue weighted by Crippen LogP contribution is 2.29. The number of nitrogens with zero attached hydrogens (tertiary/aromatic N) is 5. The van der Waals surface area contributed by atoms with Crippen molar-refractivity contribution in [3.63, 3.8) is 0 Å². The zero-order valence-corrected chi connectivity index (χ0v) is 29.1. The Morgan fingerprint density at radius 3 is 2.54 bits per heavy atom. The Labute approximate surface area is 284 Å². The van der Waals surface area contributed by atoms with Crippen molar-refractivity contribution < 1.29 is 24.5 Å². The number of aromatic nitrogens is 5. The van der Waals surface area contributed by atoms with E-state index in [1.807, 2.05) is 80.2 Å². The molecule has 48 heavy (non-hydrogen) atoms. The molecule has 3 heterocycles. The fourth-order valence-electron chi connectivity index (χ4n) is 6.42. The van der Waals surface area contributed by atoms with Gasteiger partial charge in [-0.3, -0.25) is 14.3 Å². The lowest BCUT2D eigenvalue weighted by atomic mass is 9.80. The number of ether oxygens (including phenoxy) is 1. The Bertz CT molecular complexity index is 1510. The molecule has 2 aromatic heterocycles. The Morgan fingerprint density at radius 1 is 1.04 bits per heavy atom. The molecule has 2 N–H and O–H groups in total. The quantitative estimate of drug-likeness (QED) is 0.254. The van der Waals surface area contributed by atoms with Gasteiger partial charge in [0.05, 0.1) is 42.9 Å². The van der Waals surface area contributed by atoms with E-state index >= 15 is 0 Å². The second-order valence-corrected chi connectivity index (χ2v) is 13.5. The van der Waals surface area contributed by atoms with Gasteiger partial charge in [0.15, 0.2) is 5.78 Å². The molecular weight excluding hydrogens is 606 g/mol. The fraction of sp³-hybridized carbons (Fsp3) is 0.553. The highest BCUT2D eigenvalue weighted by molar-refractivity contribution is 5.91.